The summed E-state index contributed by atoms with van der Waals surface area (Å²) in [5, 5.41) is 10.1. The summed E-state index contributed by atoms with van der Waals surface area (Å²) in [7, 11) is 0. The van der Waals surface area contributed by atoms with E-state index in [1.54, 1.807) is 6.20 Å². The molecule has 5 heteroatoms. The molecule has 0 aliphatic carbocycles. The first-order valence-corrected chi connectivity index (χ1v) is 5.63. The van der Waals surface area contributed by atoms with Crippen molar-refractivity contribution >= 4 is 0 Å². The average Bonchev–Trinajstić information content (AvgIpc) is 2.73. The molecule has 0 saturated carbocycles. The Morgan fingerprint density at radius 1 is 1.35 bits per heavy atom. The molecule has 0 aliphatic rings. The van der Waals surface area contributed by atoms with Crippen LogP contribution in [-0.2, 0) is 6.54 Å². The first-order valence-electron chi connectivity index (χ1n) is 5.63. The molecule has 0 unspecified atom stereocenters. The first kappa shape index (κ1) is 11.6. The normalized spacial score (nSPS) is 10.5. The maximum atomic E-state index is 5.54. The summed E-state index contributed by atoms with van der Waals surface area (Å²) < 4.78 is 5.54. The average molecular weight is 232 g/mol. The number of pyridine rings is 1. The van der Waals surface area contributed by atoms with Gasteiger partial charge in [0.1, 0.15) is 0 Å². The van der Waals surface area contributed by atoms with Crippen molar-refractivity contribution < 1.29 is 4.74 Å². The number of aromatic amines is 1. The molecule has 2 aromatic heterocycles. The largest absolute Gasteiger partial charge is 0.419 e. The molecule has 0 aromatic carbocycles. The Labute approximate surface area is 100 Å². The summed E-state index contributed by atoms with van der Waals surface area (Å²) in [6.07, 6.45) is 1.74. The quantitative estimate of drug-likeness (QED) is 0.827. The Balaban J connectivity index is 2.05. The van der Waals surface area contributed by atoms with Crippen LogP contribution >= 0.6 is 0 Å². The van der Waals surface area contributed by atoms with Crippen LogP contribution in [0.3, 0.4) is 0 Å². The van der Waals surface area contributed by atoms with Crippen molar-refractivity contribution in [1.82, 2.24) is 20.5 Å². The zero-order valence-corrected chi connectivity index (χ0v) is 10.0. The second kappa shape index (κ2) is 5.45. The lowest BCUT2D eigenvalue weighted by molar-refractivity contribution is 0.442. The number of H-pyrrole nitrogens is 1. The van der Waals surface area contributed by atoms with Crippen molar-refractivity contribution in [3.63, 3.8) is 0 Å². The van der Waals surface area contributed by atoms with Crippen LogP contribution in [0.5, 0.6) is 11.8 Å². The van der Waals surface area contributed by atoms with Gasteiger partial charge in [-0.3, -0.25) is 5.10 Å². The second-order valence-electron chi connectivity index (χ2n) is 3.77. The van der Waals surface area contributed by atoms with Gasteiger partial charge in [-0.05, 0) is 25.1 Å². The van der Waals surface area contributed by atoms with Crippen LogP contribution in [0.2, 0.25) is 0 Å². The van der Waals surface area contributed by atoms with Crippen LogP contribution in [-0.4, -0.2) is 21.7 Å². The van der Waals surface area contributed by atoms with E-state index in [0.717, 1.165) is 24.3 Å². The van der Waals surface area contributed by atoms with E-state index in [4.69, 9.17) is 4.74 Å². The maximum absolute atomic E-state index is 5.54. The lowest BCUT2D eigenvalue weighted by Crippen LogP contribution is -2.11. The molecule has 2 aromatic rings. The van der Waals surface area contributed by atoms with E-state index in [0.29, 0.717) is 11.8 Å². The van der Waals surface area contributed by atoms with Gasteiger partial charge in [-0.15, -0.1) is 5.10 Å². The maximum Gasteiger partial charge on any atom is 0.240 e. The Morgan fingerprint density at radius 3 is 2.94 bits per heavy atom. The fourth-order valence-corrected chi connectivity index (χ4v) is 1.44. The van der Waals surface area contributed by atoms with E-state index < -0.39 is 0 Å². The van der Waals surface area contributed by atoms with Gasteiger partial charge < -0.3 is 10.1 Å². The van der Waals surface area contributed by atoms with Gasteiger partial charge in [0.25, 0.3) is 0 Å². The van der Waals surface area contributed by atoms with Crippen molar-refractivity contribution in [3.05, 3.63) is 35.7 Å². The third-order valence-corrected chi connectivity index (χ3v) is 2.27. The van der Waals surface area contributed by atoms with Crippen molar-refractivity contribution in [2.24, 2.45) is 0 Å². The Bertz CT molecular complexity index is 481. The minimum Gasteiger partial charge on any atom is -0.419 e. The fourth-order valence-electron chi connectivity index (χ4n) is 1.44. The summed E-state index contributed by atoms with van der Waals surface area (Å²) in [5.74, 6) is 1.10. The Kier molecular flexibility index (Phi) is 3.72. The number of nitrogens with zero attached hydrogens (tertiary/aromatic N) is 2. The monoisotopic (exact) mass is 232 g/mol. The highest BCUT2D eigenvalue weighted by Gasteiger charge is 2.03. The van der Waals surface area contributed by atoms with E-state index >= 15 is 0 Å². The summed E-state index contributed by atoms with van der Waals surface area (Å²) >= 11 is 0. The molecule has 5 nitrogen and oxygen atoms in total. The third-order valence-electron chi connectivity index (χ3n) is 2.27. The molecule has 0 bridgehead atoms. The zero-order chi connectivity index (χ0) is 12.1. The number of ether oxygens (including phenoxy) is 1. The van der Waals surface area contributed by atoms with E-state index in [1.807, 2.05) is 25.1 Å². The number of hydrogen-bond donors (Lipinski definition) is 2. The summed E-state index contributed by atoms with van der Waals surface area (Å²) in [6.45, 7) is 5.76. The topological polar surface area (TPSA) is 62.8 Å². The number of aryl methyl sites for hydroxylation is 1. The van der Waals surface area contributed by atoms with E-state index in [1.165, 1.54) is 0 Å². The number of hydrogen-bond acceptors (Lipinski definition) is 4. The van der Waals surface area contributed by atoms with Crippen molar-refractivity contribution in [2.75, 3.05) is 6.54 Å². The molecule has 17 heavy (non-hydrogen) atoms. The van der Waals surface area contributed by atoms with Crippen molar-refractivity contribution in [1.29, 1.82) is 0 Å². The fraction of sp³-hybridized carbons (Fsp3) is 0.333. The van der Waals surface area contributed by atoms with E-state index in [2.05, 4.69) is 27.4 Å². The predicted molar refractivity (Wildman–Crippen MR) is 65.0 cm³/mol. The minimum atomic E-state index is 0.538. The molecule has 2 N–H and O–H groups in total. The molecule has 0 spiro atoms. The van der Waals surface area contributed by atoms with Crippen LogP contribution in [0, 0.1) is 6.92 Å². The van der Waals surface area contributed by atoms with Gasteiger partial charge in [0.2, 0.25) is 11.8 Å². The minimum absolute atomic E-state index is 0.538. The number of rotatable bonds is 5. The summed E-state index contributed by atoms with van der Waals surface area (Å²) in [4.78, 5) is 4.15. The molecule has 0 atom stereocenters. The zero-order valence-electron chi connectivity index (χ0n) is 10.0. The molecule has 0 radical (unpaired) electrons. The second-order valence-corrected chi connectivity index (χ2v) is 3.77. The lowest BCUT2D eigenvalue weighted by Gasteiger charge is -2.04. The summed E-state index contributed by atoms with van der Waals surface area (Å²) in [6, 6.07) is 5.70. The van der Waals surface area contributed by atoms with E-state index in [-0.39, 0.29) is 0 Å². The molecule has 0 fully saturated rings. The van der Waals surface area contributed by atoms with Gasteiger partial charge in [-0.2, -0.15) is 0 Å². The molecule has 0 aliphatic heterocycles. The highest BCUT2D eigenvalue weighted by molar-refractivity contribution is 5.25. The number of aromatic nitrogens is 3. The smallest absolute Gasteiger partial charge is 0.240 e. The number of nitrogens with one attached hydrogen (secondary N) is 2. The van der Waals surface area contributed by atoms with Gasteiger partial charge in [-0.25, -0.2) is 4.98 Å². The van der Waals surface area contributed by atoms with Crippen molar-refractivity contribution in [2.45, 2.75) is 20.4 Å². The molecule has 0 amide bonds. The van der Waals surface area contributed by atoms with Gasteiger partial charge >= 0.3 is 0 Å². The Morgan fingerprint density at radius 2 is 2.24 bits per heavy atom. The standard InChI is InChI=1S/C12H16N4O/c1-3-13-8-10-4-5-14-11(7-10)17-12-6-9(2)15-16-12/h4-7,13H,3,8H2,1-2H3,(H,15,16). The van der Waals surface area contributed by atoms with Crippen LogP contribution in [0.25, 0.3) is 0 Å². The summed E-state index contributed by atoms with van der Waals surface area (Å²) in [5.41, 5.74) is 2.10. The van der Waals surface area contributed by atoms with Crippen LogP contribution < -0.4 is 10.1 Å². The van der Waals surface area contributed by atoms with Gasteiger partial charge in [0.15, 0.2) is 0 Å². The molecule has 2 heterocycles. The van der Waals surface area contributed by atoms with Gasteiger partial charge in [-0.1, -0.05) is 6.92 Å². The van der Waals surface area contributed by atoms with Crippen LogP contribution in [0.1, 0.15) is 18.2 Å². The first-order chi connectivity index (χ1) is 8.28. The molecule has 0 saturated heterocycles. The third kappa shape index (κ3) is 3.29. The molecular formula is C12H16N4O. The highest BCUT2D eigenvalue weighted by atomic mass is 16.5. The molecular weight excluding hydrogens is 216 g/mol. The van der Waals surface area contributed by atoms with Gasteiger partial charge in [0.05, 0.1) is 0 Å². The molecule has 90 valence electrons. The Hall–Kier alpha value is -1.88. The van der Waals surface area contributed by atoms with Crippen molar-refractivity contribution in [3.8, 4) is 11.8 Å². The molecule has 2 rings (SSSR count). The van der Waals surface area contributed by atoms with Gasteiger partial charge in [0, 0.05) is 30.6 Å². The SMILES string of the molecule is CCNCc1ccnc(Oc2cc(C)[nH]n2)c1. The lowest BCUT2D eigenvalue weighted by atomic mass is 10.2. The van der Waals surface area contributed by atoms with Crippen LogP contribution in [0.4, 0.5) is 0 Å². The predicted octanol–water partition coefficient (Wildman–Crippen LogP) is 2.01. The van der Waals surface area contributed by atoms with E-state index in [9.17, 15) is 0 Å². The van der Waals surface area contributed by atoms with Crippen LogP contribution in [0.15, 0.2) is 24.4 Å². The highest BCUT2D eigenvalue weighted by Crippen LogP contribution is 2.18.